The first kappa shape index (κ1) is 28.7. The topological polar surface area (TPSA) is 77.3 Å². The van der Waals surface area contributed by atoms with Crippen molar-refractivity contribution in [1.29, 1.82) is 0 Å². The van der Waals surface area contributed by atoms with Gasteiger partial charge >= 0.3 is 5.97 Å². The number of hydrogen-bond acceptors (Lipinski definition) is 5. The fourth-order valence-corrected chi connectivity index (χ4v) is 5.77. The first-order valence-corrected chi connectivity index (χ1v) is 14.1. The molecule has 7 nitrogen and oxygen atoms in total. The molecular formula is C32H34ClFN4O3. The zero-order valence-electron chi connectivity index (χ0n) is 24.2. The lowest BCUT2D eigenvalue weighted by Crippen LogP contribution is -2.38. The van der Waals surface area contributed by atoms with Gasteiger partial charge < -0.3 is 14.2 Å². The molecule has 5 rings (SSSR count). The molecular weight excluding hydrogens is 543 g/mol. The van der Waals surface area contributed by atoms with Crippen molar-refractivity contribution in [3.63, 3.8) is 0 Å². The SMILES string of the molecule is COC(=O)c1c(C)cc(C2CCN(C(=O)c3ccc4c(-c5ccc(Cl)c(F)c5)cn(C(C)(C)C)c4n3)CC2)nc1C. The number of ether oxygens (including phenoxy) is 1. The smallest absolute Gasteiger partial charge is 0.339 e. The highest BCUT2D eigenvalue weighted by Gasteiger charge is 2.28. The number of fused-ring (bicyclic) bond motifs is 1. The van der Waals surface area contributed by atoms with Gasteiger partial charge in [0.1, 0.15) is 17.2 Å². The van der Waals surface area contributed by atoms with Crippen molar-refractivity contribution in [3.05, 3.63) is 81.6 Å². The summed E-state index contributed by atoms with van der Waals surface area (Å²) in [6.45, 7) is 11.1. The van der Waals surface area contributed by atoms with Crippen molar-refractivity contribution in [2.24, 2.45) is 0 Å². The Balaban J connectivity index is 1.39. The summed E-state index contributed by atoms with van der Waals surface area (Å²) in [6.07, 6.45) is 3.49. The summed E-state index contributed by atoms with van der Waals surface area (Å²) in [5, 5.41) is 0.909. The molecule has 4 heterocycles. The van der Waals surface area contributed by atoms with Crippen molar-refractivity contribution in [1.82, 2.24) is 19.4 Å². The highest BCUT2D eigenvalue weighted by Crippen LogP contribution is 2.35. The number of nitrogens with zero attached hydrogens (tertiary/aromatic N) is 4. The molecule has 0 unspecified atom stereocenters. The van der Waals surface area contributed by atoms with Gasteiger partial charge in [-0.3, -0.25) is 9.78 Å². The van der Waals surface area contributed by atoms with Gasteiger partial charge in [-0.2, -0.15) is 0 Å². The summed E-state index contributed by atoms with van der Waals surface area (Å²) >= 11 is 5.92. The van der Waals surface area contributed by atoms with Crippen LogP contribution in [0.25, 0.3) is 22.2 Å². The minimum atomic E-state index is -0.482. The van der Waals surface area contributed by atoms with Crippen molar-refractivity contribution in [2.45, 2.75) is 58.9 Å². The Labute approximate surface area is 244 Å². The molecule has 0 saturated carbocycles. The Morgan fingerprint density at radius 1 is 1.05 bits per heavy atom. The first-order valence-electron chi connectivity index (χ1n) is 13.7. The molecule has 1 saturated heterocycles. The van der Waals surface area contributed by atoms with E-state index in [-0.39, 0.29) is 28.4 Å². The molecule has 1 aromatic carbocycles. The van der Waals surface area contributed by atoms with Gasteiger partial charge in [0, 0.05) is 47.4 Å². The van der Waals surface area contributed by atoms with Crippen LogP contribution in [-0.2, 0) is 10.3 Å². The number of esters is 1. The third kappa shape index (κ3) is 5.45. The van der Waals surface area contributed by atoms with Crippen LogP contribution in [-0.4, -0.2) is 51.5 Å². The van der Waals surface area contributed by atoms with E-state index in [1.165, 1.54) is 13.2 Å². The number of likely N-dealkylation sites (tertiary alicyclic amines) is 1. The molecule has 41 heavy (non-hydrogen) atoms. The van der Waals surface area contributed by atoms with Gasteiger partial charge in [-0.05, 0) is 88.9 Å². The van der Waals surface area contributed by atoms with Crippen molar-refractivity contribution < 1.29 is 18.7 Å². The van der Waals surface area contributed by atoms with Crippen LogP contribution in [0.1, 0.15) is 77.3 Å². The molecule has 0 aliphatic carbocycles. The zero-order valence-corrected chi connectivity index (χ0v) is 25.0. The van der Waals surface area contributed by atoms with E-state index in [9.17, 15) is 14.0 Å². The molecule has 0 radical (unpaired) electrons. The molecule has 0 spiro atoms. The second-order valence-corrected chi connectivity index (χ2v) is 12.1. The number of aryl methyl sites for hydroxylation is 2. The summed E-state index contributed by atoms with van der Waals surface area (Å²) < 4.78 is 21.2. The van der Waals surface area contributed by atoms with E-state index in [0.29, 0.717) is 41.3 Å². The summed E-state index contributed by atoms with van der Waals surface area (Å²) in [5.74, 6) is -0.788. The lowest BCUT2D eigenvalue weighted by molar-refractivity contribution is 0.0597. The second kappa shape index (κ2) is 10.9. The largest absolute Gasteiger partial charge is 0.465 e. The van der Waals surface area contributed by atoms with E-state index < -0.39 is 5.82 Å². The van der Waals surface area contributed by atoms with Crippen LogP contribution in [0.4, 0.5) is 4.39 Å². The Hall–Kier alpha value is -3.78. The van der Waals surface area contributed by atoms with Crippen LogP contribution < -0.4 is 0 Å². The minimum Gasteiger partial charge on any atom is -0.465 e. The maximum atomic E-state index is 14.3. The number of carbonyl (C=O) groups excluding carboxylic acids is 2. The lowest BCUT2D eigenvalue weighted by Gasteiger charge is -2.32. The van der Waals surface area contributed by atoms with Crippen LogP contribution in [0.15, 0.2) is 42.6 Å². The average Bonchev–Trinajstić information content (AvgIpc) is 3.33. The van der Waals surface area contributed by atoms with E-state index in [2.05, 4.69) is 20.8 Å². The van der Waals surface area contributed by atoms with Gasteiger partial charge in [0.15, 0.2) is 0 Å². The number of piperidine rings is 1. The van der Waals surface area contributed by atoms with Crippen LogP contribution in [0.2, 0.25) is 5.02 Å². The van der Waals surface area contributed by atoms with Gasteiger partial charge in [-0.1, -0.05) is 17.7 Å². The third-order valence-corrected chi connectivity index (χ3v) is 8.14. The van der Waals surface area contributed by atoms with Crippen LogP contribution in [0, 0.1) is 19.7 Å². The van der Waals surface area contributed by atoms with E-state index in [1.807, 2.05) is 41.6 Å². The van der Waals surface area contributed by atoms with Gasteiger partial charge in [0.25, 0.3) is 5.91 Å². The highest BCUT2D eigenvalue weighted by atomic mass is 35.5. The third-order valence-electron chi connectivity index (χ3n) is 7.83. The molecule has 214 valence electrons. The molecule has 0 N–H and O–H groups in total. The molecule has 1 amide bonds. The predicted molar refractivity (Wildman–Crippen MR) is 158 cm³/mol. The number of amides is 1. The number of pyridine rings is 2. The summed E-state index contributed by atoms with van der Waals surface area (Å²) in [6, 6.07) is 10.4. The monoisotopic (exact) mass is 576 g/mol. The van der Waals surface area contributed by atoms with Gasteiger partial charge in [-0.15, -0.1) is 0 Å². The maximum absolute atomic E-state index is 14.3. The Kier molecular flexibility index (Phi) is 7.64. The van der Waals surface area contributed by atoms with Crippen LogP contribution in [0.3, 0.4) is 0 Å². The van der Waals surface area contributed by atoms with Gasteiger partial charge in [0.05, 0.1) is 23.4 Å². The van der Waals surface area contributed by atoms with E-state index in [4.69, 9.17) is 26.3 Å². The van der Waals surface area contributed by atoms with Crippen LogP contribution in [0.5, 0.6) is 0 Å². The summed E-state index contributed by atoms with van der Waals surface area (Å²) in [7, 11) is 1.37. The number of methoxy groups -OCH3 is 1. The molecule has 0 bridgehead atoms. The normalized spacial score (nSPS) is 14.5. The predicted octanol–water partition coefficient (Wildman–Crippen LogP) is 7.07. The number of aromatic nitrogens is 3. The fourth-order valence-electron chi connectivity index (χ4n) is 5.65. The van der Waals surface area contributed by atoms with Crippen molar-refractivity contribution in [3.8, 4) is 11.1 Å². The standard InChI is InChI=1S/C32H34ClFN4O3/c1-18-15-27(35-19(2)28(18)31(40)41-6)20-11-13-37(14-12-20)30(39)26-10-8-22-23(21-7-9-24(33)25(34)16-21)17-38(29(22)36-26)32(3,4)5/h7-10,15-17,20H,11-14H2,1-6H3. The lowest BCUT2D eigenvalue weighted by atomic mass is 9.91. The van der Waals surface area contributed by atoms with E-state index >= 15 is 0 Å². The maximum Gasteiger partial charge on any atom is 0.339 e. The Morgan fingerprint density at radius 2 is 1.76 bits per heavy atom. The van der Waals surface area contributed by atoms with Gasteiger partial charge in [-0.25, -0.2) is 14.2 Å². The number of halogens is 2. The van der Waals surface area contributed by atoms with Crippen molar-refractivity contribution >= 4 is 34.5 Å². The Bertz CT molecular complexity index is 1640. The quantitative estimate of drug-likeness (QED) is 0.243. The Morgan fingerprint density at radius 3 is 2.37 bits per heavy atom. The zero-order chi connectivity index (χ0) is 29.6. The fraction of sp³-hybridized carbons (Fsp3) is 0.375. The second-order valence-electron chi connectivity index (χ2n) is 11.7. The molecule has 4 aromatic rings. The highest BCUT2D eigenvalue weighted by molar-refractivity contribution is 6.30. The molecule has 0 atom stereocenters. The summed E-state index contributed by atoms with van der Waals surface area (Å²) in [4.78, 5) is 37.1. The molecule has 9 heteroatoms. The minimum absolute atomic E-state index is 0.0716. The molecule has 1 aliphatic heterocycles. The molecule has 3 aromatic heterocycles. The number of benzene rings is 1. The van der Waals surface area contributed by atoms with Gasteiger partial charge in [0.2, 0.25) is 0 Å². The van der Waals surface area contributed by atoms with Crippen molar-refractivity contribution in [2.75, 3.05) is 20.2 Å². The molecule has 1 aliphatic rings. The van der Waals surface area contributed by atoms with E-state index in [0.717, 1.165) is 35.0 Å². The average molecular weight is 577 g/mol. The number of rotatable bonds is 4. The number of hydrogen-bond donors (Lipinski definition) is 0. The first-order chi connectivity index (χ1) is 19.4. The van der Waals surface area contributed by atoms with E-state index in [1.54, 1.807) is 18.2 Å². The number of carbonyl (C=O) groups is 2. The molecule has 1 fully saturated rings. The summed E-state index contributed by atoms with van der Waals surface area (Å²) in [5.41, 5.74) is 5.20. The van der Waals surface area contributed by atoms with Crippen LogP contribution >= 0.6 is 11.6 Å².